The molecule has 0 radical (unpaired) electrons. The quantitative estimate of drug-likeness (QED) is 0.613. The van der Waals surface area contributed by atoms with Gasteiger partial charge in [0.05, 0.1) is 5.69 Å². The molecular weight excluding hydrogens is 398 g/mol. The first-order valence-electron chi connectivity index (χ1n) is 10.7. The Hall–Kier alpha value is -2.80. The van der Waals surface area contributed by atoms with E-state index in [1.54, 1.807) is 11.1 Å². The molecule has 2 aliphatic rings. The Kier molecular flexibility index (Phi) is 6.32. The van der Waals surface area contributed by atoms with Crippen LogP contribution >= 0.6 is 0 Å². The standard InChI is InChI=1S/C24H28F2N4O/c1-16(14-27-2)23(22-11-17-15-29(3)10-7-21(17)31-22)28-18-12-19(25)24(20(26)13-18)30-8-5-4-6-9-30/h11-14H,2,4-10,15H2,1,3H3/b16-14-,28-23?. The highest BCUT2D eigenvalue weighted by atomic mass is 19.1. The zero-order valence-corrected chi connectivity index (χ0v) is 18.1. The van der Waals surface area contributed by atoms with E-state index >= 15 is 0 Å². The van der Waals surface area contributed by atoms with Crippen LogP contribution in [-0.4, -0.2) is 44.0 Å². The van der Waals surface area contributed by atoms with Gasteiger partial charge in [0.1, 0.15) is 17.2 Å². The van der Waals surface area contributed by atoms with Crippen molar-refractivity contribution < 1.29 is 13.2 Å². The average molecular weight is 427 g/mol. The molecule has 164 valence electrons. The largest absolute Gasteiger partial charge is 0.459 e. The number of allylic oxidation sites excluding steroid dienone is 1. The van der Waals surface area contributed by atoms with Crippen molar-refractivity contribution in [1.82, 2.24) is 4.90 Å². The van der Waals surface area contributed by atoms with Crippen molar-refractivity contribution in [1.29, 1.82) is 0 Å². The number of halogens is 2. The first kappa shape index (κ1) is 21.4. The lowest BCUT2D eigenvalue weighted by atomic mass is 10.1. The lowest BCUT2D eigenvalue weighted by Gasteiger charge is -2.29. The van der Waals surface area contributed by atoms with E-state index in [0.717, 1.165) is 50.1 Å². The molecule has 0 amide bonds. The molecule has 0 atom stereocenters. The lowest BCUT2D eigenvalue weighted by Crippen LogP contribution is -2.31. The van der Waals surface area contributed by atoms with Crippen LogP contribution in [0.5, 0.6) is 0 Å². The van der Waals surface area contributed by atoms with E-state index in [1.807, 2.05) is 13.0 Å². The zero-order chi connectivity index (χ0) is 22.0. The number of furan rings is 1. The van der Waals surface area contributed by atoms with Crippen LogP contribution in [0.2, 0.25) is 0 Å². The smallest absolute Gasteiger partial charge is 0.153 e. The van der Waals surface area contributed by atoms with Gasteiger partial charge in [-0.05, 0) is 51.6 Å². The Labute approximate surface area is 181 Å². The molecule has 4 rings (SSSR count). The van der Waals surface area contributed by atoms with Crippen molar-refractivity contribution in [3.05, 3.63) is 58.7 Å². The summed E-state index contributed by atoms with van der Waals surface area (Å²) in [5.41, 5.74) is 2.55. The number of likely N-dealkylation sites (N-methyl/N-ethyl adjacent to an activating group) is 1. The van der Waals surface area contributed by atoms with E-state index in [0.29, 0.717) is 30.1 Å². The van der Waals surface area contributed by atoms with Crippen molar-refractivity contribution in [2.45, 2.75) is 39.2 Å². The van der Waals surface area contributed by atoms with Crippen LogP contribution in [-0.2, 0) is 13.0 Å². The number of rotatable bonds is 5. The van der Waals surface area contributed by atoms with Gasteiger partial charge in [0, 0.05) is 56.5 Å². The number of aliphatic imine (C=N–C) groups is 2. The maximum atomic E-state index is 14.9. The van der Waals surface area contributed by atoms with Crippen molar-refractivity contribution in [3.63, 3.8) is 0 Å². The van der Waals surface area contributed by atoms with Crippen LogP contribution in [0.3, 0.4) is 0 Å². The molecule has 1 fully saturated rings. The van der Waals surface area contributed by atoms with Crippen LogP contribution in [0.15, 0.2) is 44.4 Å². The Morgan fingerprint density at radius 2 is 1.81 bits per heavy atom. The predicted molar refractivity (Wildman–Crippen MR) is 121 cm³/mol. The van der Waals surface area contributed by atoms with E-state index in [9.17, 15) is 8.78 Å². The number of anilines is 1. The maximum Gasteiger partial charge on any atom is 0.153 e. The van der Waals surface area contributed by atoms with E-state index in [-0.39, 0.29) is 11.4 Å². The van der Waals surface area contributed by atoms with Gasteiger partial charge in [-0.25, -0.2) is 13.8 Å². The topological polar surface area (TPSA) is 44.3 Å². The number of nitrogens with zero attached hydrogens (tertiary/aromatic N) is 4. The number of benzene rings is 1. The summed E-state index contributed by atoms with van der Waals surface area (Å²) in [4.78, 5) is 12.4. The molecule has 5 nitrogen and oxygen atoms in total. The highest BCUT2D eigenvalue weighted by molar-refractivity contribution is 6.11. The molecule has 0 aliphatic carbocycles. The summed E-state index contributed by atoms with van der Waals surface area (Å²) in [5.74, 6) is 0.310. The molecule has 7 heteroatoms. The van der Waals surface area contributed by atoms with Crippen molar-refractivity contribution in [3.8, 4) is 0 Å². The van der Waals surface area contributed by atoms with Gasteiger partial charge >= 0.3 is 0 Å². The van der Waals surface area contributed by atoms with E-state index in [2.05, 4.69) is 28.6 Å². The first-order valence-corrected chi connectivity index (χ1v) is 10.7. The second-order valence-corrected chi connectivity index (χ2v) is 8.31. The lowest BCUT2D eigenvalue weighted by molar-refractivity contribution is 0.293. The SMILES string of the molecule is C=N/C=C(/C)C(=Nc1cc(F)c(N2CCCCC2)c(F)c1)c1cc2c(o1)CCN(C)C2. The second kappa shape index (κ2) is 9.14. The third-order valence-corrected chi connectivity index (χ3v) is 5.86. The molecular formula is C24H28F2N4O. The van der Waals surface area contributed by atoms with Gasteiger partial charge in [-0.2, -0.15) is 0 Å². The fourth-order valence-electron chi connectivity index (χ4n) is 4.29. The Bertz CT molecular complexity index is 1010. The van der Waals surface area contributed by atoms with Gasteiger partial charge < -0.3 is 14.2 Å². The van der Waals surface area contributed by atoms with Crippen molar-refractivity contribution in [2.24, 2.45) is 9.98 Å². The molecule has 3 heterocycles. The Morgan fingerprint density at radius 1 is 1.10 bits per heavy atom. The number of hydrogen-bond donors (Lipinski definition) is 0. The van der Waals surface area contributed by atoms with Crippen LogP contribution < -0.4 is 4.90 Å². The summed E-state index contributed by atoms with van der Waals surface area (Å²) in [7, 11) is 2.06. The molecule has 1 aromatic heterocycles. The third-order valence-electron chi connectivity index (χ3n) is 5.86. The van der Waals surface area contributed by atoms with Crippen LogP contribution in [0, 0.1) is 11.6 Å². The van der Waals surface area contributed by atoms with Gasteiger partial charge in [0.15, 0.2) is 17.4 Å². The zero-order valence-electron chi connectivity index (χ0n) is 18.1. The number of fused-ring (bicyclic) bond motifs is 1. The minimum Gasteiger partial charge on any atom is -0.459 e. The molecule has 2 aromatic rings. The minimum absolute atomic E-state index is 0.0386. The summed E-state index contributed by atoms with van der Waals surface area (Å²) in [5, 5.41) is 0. The summed E-state index contributed by atoms with van der Waals surface area (Å²) >= 11 is 0. The highest BCUT2D eigenvalue weighted by Gasteiger charge is 2.23. The van der Waals surface area contributed by atoms with Crippen LogP contribution in [0.1, 0.15) is 43.3 Å². The second-order valence-electron chi connectivity index (χ2n) is 8.31. The van der Waals surface area contributed by atoms with Crippen LogP contribution in [0.4, 0.5) is 20.2 Å². The van der Waals surface area contributed by atoms with E-state index in [4.69, 9.17) is 4.42 Å². The van der Waals surface area contributed by atoms with Gasteiger partial charge in [0.2, 0.25) is 0 Å². The molecule has 0 spiro atoms. The molecule has 1 aromatic carbocycles. The summed E-state index contributed by atoms with van der Waals surface area (Å²) in [6.07, 6.45) is 5.37. The molecule has 0 saturated carbocycles. The fraction of sp³-hybridized carbons (Fsp3) is 0.417. The van der Waals surface area contributed by atoms with Gasteiger partial charge in [-0.3, -0.25) is 4.99 Å². The number of piperidine rings is 1. The molecule has 31 heavy (non-hydrogen) atoms. The summed E-state index contributed by atoms with van der Waals surface area (Å²) < 4.78 is 35.9. The molecule has 0 unspecified atom stereocenters. The first-order chi connectivity index (χ1) is 15.0. The Balaban J connectivity index is 1.73. The minimum atomic E-state index is -0.594. The fourth-order valence-corrected chi connectivity index (χ4v) is 4.29. The van der Waals surface area contributed by atoms with Gasteiger partial charge in [0.25, 0.3) is 0 Å². The van der Waals surface area contributed by atoms with E-state index in [1.165, 1.54) is 12.1 Å². The molecule has 2 aliphatic heterocycles. The number of hydrogen-bond acceptors (Lipinski definition) is 5. The molecule has 0 N–H and O–H groups in total. The van der Waals surface area contributed by atoms with E-state index < -0.39 is 11.6 Å². The predicted octanol–water partition coefficient (Wildman–Crippen LogP) is 5.26. The summed E-state index contributed by atoms with van der Waals surface area (Å²) in [6, 6.07) is 4.54. The maximum absolute atomic E-state index is 14.9. The third kappa shape index (κ3) is 4.61. The average Bonchev–Trinajstić information content (AvgIpc) is 3.15. The summed E-state index contributed by atoms with van der Waals surface area (Å²) in [6.45, 7) is 8.39. The molecule has 0 bridgehead atoms. The normalized spacial score (nSPS) is 18.3. The van der Waals surface area contributed by atoms with Crippen LogP contribution in [0.25, 0.3) is 0 Å². The highest BCUT2D eigenvalue weighted by Crippen LogP contribution is 2.32. The van der Waals surface area contributed by atoms with Gasteiger partial charge in [-0.1, -0.05) is 0 Å². The monoisotopic (exact) mass is 426 g/mol. The van der Waals surface area contributed by atoms with Crippen molar-refractivity contribution >= 4 is 23.8 Å². The molecule has 1 saturated heterocycles. The van der Waals surface area contributed by atoms with Crippen molar-refractivity contribution in [2.75, 3.05) is 31.6 Å². The van der Waals surface area contributed by atoms with Gasteiger partial charge in [-0.15, -0.1) is 0 Å². The Morgan fingerprint density at radius 3 is 2.48 bits per heavy atom.